The van der Waals surface area contributed by atoms with Crippen LogP contribution in [0.25, 0.3) is 0 Å². The van der Waals surface area contributed by atoms with Crippen LogP contribution < -0.4 is 10.5 Å². The predicted molar refractivity (Wildman–Crippen MR) is 83.2 cm³/mol. The minimum Gasteiger partial charge on any atom is -0.454 e. The second-order valence-electron chi connectivity index (χ2n) is 4.30. The van der Waals surface area contributed by atoms with Crippen LogP contribution in [0.5, 0.6) is 11.5 Å². The lowest BCUT2D eigenvalue weighted by Gasteiger charge is -2.13. The van der Waals surface area contributed by atoms with E-state index in [4.69, 9.17) is 22.1 Å². The number of hydrogen-bond donors (Lipinski definition) is 1. The van der Waals surface area contributed by atoms with Crippen LogP contribution in [0.4, 0.5) is 0 Å². The zero-order valence-electron chi connectivity index (χ0n) is 10.6. The quantitative estimate of drug-likeness (QED) is 0.875. The van der Waals surface area contributed by atoms with E-state index in [1.165, 1.54) is 5.56 Å². The summed E-state index contributed by atoms with van der Waals surface area (Å²) in [6.45, 7) is 2.59. The molecule has 0 bridgehead atoms. The zero-order chi connectivity index (χ0) is 13.8. The number of aryl methyl sites for hydroxylation is 1. The Morgan fingerprint density at radius 3 is 2.74 bits per heavy atom. The molecule has 2 N–H and O–H groups in total. The number of benzene rings is 2. The maximum atomic E-state index is 6.22. The second kappa shape index (κ2) is 6.42. The Hall–Kier alpha value is -1.03. The lowest BCUT2D eigenvalue weighted by molar-refractivity contribution is 0.473. The molecule has 100 valence electrons. The first-order valence-corrected chi connectivity index (χ1v) is 7.20. The summed E-state index contributed by atoms with van der Waals surface area (Å²) in [7, 11) is 0. The summed E-state index contributed by atoms with van der Waals surface area (Å²) in [5.74, 6) is 1.43. The van der Waals surface area contributed by atoms with Crippen molar-refractivity contribution in [2.45, 2.75) is 13.3 Å². The van der Waals surface area contributed by atoms with Gasteiger partial charge in [-0.1, -0.05) is 29.8 Å². The Morgan fingerprint density at radius 1 is 1.26 bits per heavy atom. The molecule has 2 rings (SSSR count). The van der Waals surface area contributed by atoms with Gasteiger partial charge in [-0.2, -0.15) is 0 Å². The van der Waals surface area contributed by atoms with E-state index in [0.717, 1.165) is 22.2 Å². The molecule has 2 aromatic rings. The molecule has 0 amide bonds. The van der Waals surface area contributed by atoms with Gasteiger partial charge in [-0.3, -0.25) is 0 Å². The van der Waals surface area contributed by atoms with Crippen LogP contribution in [0.2, 0.25) is 5.02 Å². The molecule has 0 saturated heterocycles. The van der Waals surface area contributed by atoms with E-state index in [9.17, 15) is 0 Å². The normalized spacial score (nSPS) is 10.5. The molecular formula is C15H15BrClNO. The van der Waals surface area contributed by atoms with E-state index in [0.29, 0.717) is 17.3 Å². The van der Waals surface area contributed by atoms with Crippen molar-refractivity contribution in [3.05, 3.63) is 57.0 Å². The fraction of sp³-hybridized carbons (Fsp3) is 0.200. The molecule has 0 aromatic heterocycles. The average molecular weight is 341 g/mol. The Bertz CT molecular complexity index is 586. The van der Waals surface area contributed by atoms with E-state index in [1.54, 1.807) is 0 Å². The van der Waals surface area contributed by atoms with Crippen LogP contribution >= 0.6 is 27.5 Å². The molecule has 0 aliphatic rings. The lowest BCUT2D eigenvalue weighted by atomic mass is 10.1. The summed E-state index contributed by atoms with van der Waals surface area (Å²) in [5.41, 5.74) is 7.80. The summed E-state index contributed by atoms with van der Waals surface area (Å²) in [4.78, 5) is 0. The first-order chi connectivity index (χ1) is 9.11. The van der Waals surface area contributed by atoms with Gasteiger partial charge in [0.15, 0.2) is 0 Å². The molecule has 0 heterocycles. The van der Waals surface area contributed by atoms with Crippen LogP contribution in [0.15, 0.2) is 40.9 Å². The van der Waals surface area contributed by atoms with Crippen molar-refractivity contribution in [3.8, 4) is 11.5 Å². The fourth-order valence-electron chi connectivity index (χ4n) is 1.82. The molecule has 0 radical (unpaired) electrons. The number of ether oxygens (including phenoxy) is 1. The van der Waals surface area contributed by atoms with Crippen LogP contribution in [-0.2, 0) is 6.42 Å². The van der Waals surface area contributed by atoms with Gasteiger partial charge >= 0.3 is 0 Å². The van der Waals surface area contributed by atoms with Crippen molar-refractivity contribution >= 4 is 27.5 Å². The van der Waals surface area contributed by atoms with Crippen molar-refractivity contribution in [3.63, 3.8) is 0 Å². The lowest BCUT2D eigenvalue weighted by Crippen LogP contribution is -2.04. The molecule has 2 aromatic carbocycles. The number of nitrogens with two attached hydrogens (primary N) is 1. The number of halogens is 2. The first-order valence-electron chi connectivity index (χ1n) is 6.03. The topological polar surface area (TPSA) is 35.2 Å². The van der Waals surface area contributed by atoms with E-state index < -0.39 is 0 Å². The van der Waals surface area contributed by atoms with Crippen molar-refractivity contribution in [2.75, 3.05) is 6.54 Å². The second-order valence-corrected chi connectivity index (χ2v) is 5.56. The molecule has 4 heteroatoms. The Kier molecular flexibility index (Phi) is 4.86. The molecule has 0 fully saturated rings. The molecule has 19 heavy (non-hydrogen) atoms. The Balaban J connectivity index is 2.37. The van der Waals surface area contributed by atoms with Gasteiger partial charge < -0.3 is 10.5 Å². The molecule has 0 atom stereocenters. The largest absolute Gasteiger partial charge is 0.454 e. The first kappa shape index (κ1) is 14.4. The van der Waals surface area contributed by atoms with Gasteiger partial charge in [0, 0.05) is 0 Å². The van der Waals surface area contributed by atoms with Gasteiger partial charge in [-0.05, 0) is 65.1 Å². The van der Waals surface area contributed by atoms with Crippen LogP contribution in [0, 0.1) is 6.92 Å². The summed E-state index contributed by atoms with van der Waals surface area (Å²) >= 11 is 9.72. The van der Waals surface area contributed by atoms with Crippen molar-refractivity contribution in [1.82, 2.24) is 0 Å². The third-order valence-electron chi connectivity index (χ3n) is 2.76. The number of hydrogen-bond acceptors (Lipinski definition) is 2. The fourth-order valence-corrected chi connectivity index (χ4v) is 2.63. The minimum atomic E-state index is 0.561. The number of rotatable bonds is 4. The van der Waals surface area contributed by atoms with Crippen LogP contribution in [-0.4, -0.2) is 6.54 Å². The van der Waals surface area contributed by atoms with Gasteiger partial charge in [0.05, 0.1) is 9.50 Å². The van der Waals surface area contributed by atoms with Crippen molar-refractivity contribution in [2.24, 2.45) is 5.73 Å². The van der Waals surface area contributed by atoms with E-state index in [2.05, 4.69) is 15.9 Å². The minimum absolute atomic E-state index is 0.561. The van der Waals surface area contributed by atoms with Gasteiger partial charge in [-0.25, -0.2) is 0 Å². The molecule has 0 saturated carbocycles. The van der Waals surface area contributed by atoms with Gasteiger partial charge in [0.25, 0.3) is 0 Å². The maximum Gasteiger partial charge on any atom is 0.149 e. The highest BCUT2D eigenvalue weighted by molar-refractivity contribution is 9.10. The predicted octanol–water partition coefficient (Wildman–Crippen LogP) is 4.70. The van der Waals surface area contributed by atoms with E-state index in [1.807, 2.05) is 43.3 Å². The molecule has 0 aliphatic heterocycles. The van der Waals surface area contributed by atoms with E-state index in [-0.39, 0.29) is 0 Å². The third-order valence-corrected chi connectivity index (χ3v) is 3.68. The highest BCUT2D eigenvalue weighted by Gasteiger charge is 2.11. The smallest absolute Gasteiger partial charge is 0.149 e. The molecule has 0 spiro atoms. The van der Waals surface area contributed by atoms with Gasteiger partial charge in [-0.15, -0.1) is 0 Å². The van der Waals surface area contributed by atoms with Crippen LogP contribution in [0.1, 0.15) is 11.1 Å². The highest BCUT2D eigenvalue weighted by atomic mass is 79.9. The summed E-state index contributed by atoms with van der Waals surface area (Å²) < 4.78 is 6.85. The van der Waals surface area contributed by atoms with Crippen LogP contribution in [0.3, 0.4) is 0 Å². The monoisotopic (exact) mass is 339 g/mol. The highest BCUT2D eigenvalue weighted by Crippen LogP contribution is 2.36. The number of para-hydroxylation sites is 1. The molecule has 0 aliphatic carbocycles. The maximum absolute atomic E-state index is 6.22. The van der Waals surface area contributed by atoms with E-state index >= 15 is 0 Å². The standard InChI is InChI=1S/C15H15BrClNO/c1-10-5-6-14(12(16)9-10)19-15-11(7-8-18)3-2-4-13(15)17/h2-6,9H,7-8,18H2,1H3. The van der Waals surface area contributed by atoms with Gasteiger partial charge in [0.1, 0.15) is 11.5 Å². The third kappa shape index (κ3) is 3.50. The zero-order valence-corrected chi connectivity index (χ0v) is 13.0. The Labute approximate surface area is 126 Å². The SMILES string of the molecule is Cc1ccc(Oc2c(Cl)cccc2CCN)c(Br)c1. The van der Waals surface area contributed by atoms with Gasteiger partial charge in [0.2, 0.25) is 0 Å². The summed E-state index contributed by atoms with van der Waals surface area (Å²) in [5, 5.41) is 0.596. The summed E-state index contributed by atoms with van der Waals surface area (Å²) in [6, 6.07) is 11.6. The molecule has 0 unspecified atom stereocenters. The molecular weight excluding hydrogens is 326 g/mol. The average Bonchev–Trinajstić information content (AvgIpc) is 2.36. The van der Waals surface area contributed by atoms with Crippen molar-refractivity contribution < 1.29 is 4.74 Å². The van der Waals surface area contributed by atoms with Crippen molar-refractivity contribution in [1.29, 1.82) is 0 Å². The molecule has 2 nitrogen and oxygen atoms in total. The Morgan fingerprint density at radius 2 is 2.05 bits per heavy atom. The summed E-state index contributed by atoms with van der Waals surface area (Å²) in [6.07, 6.45) is 0.735.